The smallest absolute Gasteiger partial charge is 0.271 e. The first kappa shape index (κ1) is 29.9. The van der Waals surface area contributed by atoms with E-state index in [1.54, 1.807) is 0 Å². The molecular formula is C21H32F2N4O6S3. The summed E-state index contributed by atoms with van der Waals surface area (Å²) in [6.45, 7) is 1.25. The van der Waals surface area contributed by atoms with Gasteiger partial charge in [-0.15, -0.1) is 11.3 Å². The molecule has 0 aliphatic carbocycles. The second kappa shape index (κ2) is 13.3. The Hall–Kier alpha value is -2.33. The summed E-state index contributed by atoms with van der Waals surface area (Å²) in [4.78, 5) is 28.4. The Bertz CT molecular complexity index is 1160. The number of amides is 2. The average molecular weight is 571 g/mol. The molecule has 0 aliphatic rings. The van der Waals surface area contributed by atoms with Gasteiger partial charge in [-0.2, -0.15) is 11.8 Å². The Labute approximate surface area is 218 Å². The van der Waals surface area contributed by atoms with Gasteiger partial charge in [0.25, 0.3) is 5.91 Å². The zero-order valence-electron chi connectivity index (χ0n) is 19.7. The minimum atomic E-state index is -3.63. The Morgan fingerprint density at radius 2 is 1.75 bits per heavy atom. The molecule has 1 aromatic carbocycles. The maximum absolute atomic E-state index is 13.8. The number of anilines is 1. The van der Waals surface area contributed by atoms with Crippen LogP contribution in [0.3, 0.4) is 0 Å². The zero-order valence-corrected chi connectivity index (χ0v) is 22.1. The zero-order chi connectivity index (χ0) is 27.0. The summed E-state index contributed by atoms with van der Waals surface area (Å²) in [7, 11) is -3.63. The van der Waals surface area contributed by atoms with Gasteiger partial charge in [-0.1, -0.05) is 0 Å². The van der Waals surface area contributed by atoms with Crippen molar-refractivity contribution in [2.45, 2.75) is 44.1 Å². The molecule has 15 heteroatoms. The van der Waals surface area contributed by atoms with Crippen molar-refractivity contribution in [2.75, 3.05) is 23.0 Å². The van der Waals surface area contributed by atoms with Gasteiger partial charge in [0, 0.05) is 21.2 Å². The van der Waals surface area contributed by atoms with Crippen LogP contribution in [-0.2, 0) is 21.2 Å². The number of hydrogen-bond acceptors (Lipinski definition) is 9. The highest BCUT2D eigenvalue weighted by Crippen LogP contribution is 2.19. The molecule has 0 saturated heterocycles. The second-order valence-corrected chi connectivity index (χ2v) is 11.6. The molecule has 0 spiro atoms. The maximum Gasteiger partial charge on any atom is 0.271 e. The number of nitrogens with one attached hydrogen (secondary N) is 3. The van der Waals surface area contributed by atoms with E-state index in [0.29, 0.717) is 18.2 Å². The maximum atomic E-state index is 13.8. The number of thioether (sulfide) groups is 1. The van der Waals surface area contributed by atoms with Gasteiger partial charge in [-0.3, -0.25) is 14.3 Å². The number of halogens is 2. The number of carbonyl (C=O) groups excluding carboxylic acids is 2. The van der Waals surface area contributed by atoms with Crippen LogP contribution in [0.5, 0.6) is 0 Å². The van der Waals surface area contributed by atoms with Crippen molar-refractivity contribution in [1.82, 2.24) is 15.6 Å². The highest BCUT2D eigenvalue weighted by atomic mass is 32.2. The van der Waals surface area contributed by atoms with Gasteiger partial charge in [0.1, 0.15) is 29.5 Å². The van der Waals surface area contributed by atoms with Crippen LogP contribution in [0.4, 0.5) is 13.9 Å². The molecule has 0 unspecified atom stereocenters. The van der Waals surface area contributed by atoms with Gasteiger partial charge in [0.05, 0.1) is 18.3 Å². The lowest BCUT2D eigenvalue weighted by Crippen LogP contribution is -2.56. The van der Waals surface area contributed by atoms with Gasteiger partial charge < -0.3 is 20.8 Å². The van der Waals surface area contributed by atoms with Crippen LogP contribution in [0, 0.1) is 11.6 Å². The van der Waals surface area contributed by atoms with Crippen LogP contribution in [0.15, 0.2) is 23.6 Å². The molecule has 0 aliphatic heterocycles. The number of hydrogen-bond donors (Lipinski definition) is 5. The summed E-state index contributed by atoms with van der Waals surface area (Å²) in [5.41, 5.74) is -0.0778. The number of sulfonamides is 1. The van der Waals surface area contributed by atoms with Crippen molar-refractivity contribution in [1.29, 1.82) is 0 Å². The molecule has 2 rings (SSSR count). The number of rotatable bonds is 13. The van der Waals surface area contributed by atoms with E-state index < -0.39 is 57.8 Å². The second-order valence-electron chi connectivity index (χ2n) is 8.04. The first-order valence-electron chi connectivity index (χ1n) is 10.6. The summed E-state index contributed by atoms with van der Waals surface area (Å²) in [6.07, 6.45) is -0.416. The predicted octanol–water partition coefficient (Wildman–Crippen LogP) is 1.61. The molecule has 0 saturated carbocycles. The van der Waals surface area contributed by atoms with Gasteiger partial charge in [0.2, 0.25) is 15.9 Å². The summed E-state index contributed by atoms with van der Waals surface area (Å²) < 4.78 is 52.5. The lowest BCUT2D eigenvalue weighted by molar-refractivity contribution is -0.121. The highest BCUT2D eigenvalue weighted by Gasteiger charge is 2.34. The van der Waals surface area contributed by atoms with Gasteiger partial charge in [-0.05, 0) is 42.5 Å². The van der Waals surface area contributed by atoms with E-state index in [0.717, 1.165) is 29.7 Å². The van der Waals surface area contributed by atoms with Gasteiger partial charge >= 0.3 is 0 Å². The fourth-order valence-corrected chi connectivity index (χ4v) is 5.41. The molecule has 10 nitrogen and oxygen atoms in total. The van der Waals surface area contributed by atoms with Crippen molar-refractivity contribution < 1.29 is 39.9 Å². The standard InChI is InChI=1S/C21H28F2N4O6S3.2H2/c1-11(28)24-15(4-5-34-2)18(29)19(30)16(8-12-6-13(22)9-14(23)7-12)25-20(31)17-10-35-21(26-17)27-36(3,32)33;;/h6-7,9-10,15-16,18-19,29-30H,4-5,8H2,1-3H3,(H,24,28)(H,25,31)(H,26,27);2*1H/t15-,16+,18-,19-;;/m1../s1. The fourth-order valence-electron chi connectivity index (χ4n) is 3.38. The van der Waals surface area contributed by atoms with E-state index in [1.165, 1.54) is 24.1 Å². The molecule has 36 heavy (non-hydrogen) atoms. The van der Waals surface area contributed by atoms with Crippen molar-refractivity contribution in [3.8, 4) is 0 Å². The minimum absolute atomic E-state index is 0. The van der Waals surface area contributed by atoms with Gasteiger partial charge in [0.15, 0.2) is 5.13 Å². The molecule has 2 aromatic rings. The van der Waals surface area contributed by atoms with Crippen LogP contribution in [0.25, 0.3) is 0 Å². The number of benzene rings is 1. The van der Waals surface area contributed by atoms with Crippen LogP contribution in [0.1, 0.15) is 32.2 Å². The monoisotopic (exact) mass is 570 g/mol. The van der Waals surface area contributed by atoms with Crippen LogP contribution >= 0.6 is 23.1 Å². The van der Waals surface area contributed by atoms with E-state index in [9.17, 15) is 37.0 Å². The minimum Gasteiger partial charge on any atom is -0.388 e. The van der Waals surface area contributed by atoms with Crippen molar-refractivity contribution in [3.63, 3.8) is 0 Å². The number of nitrogens with zero attached hydrogens (tertiary/aromatic N) is 1. The number of thiazole rings is 1. The molecule has 1 aromatic heterocycles. The average Bonchev–Trinajstić information content (AvgIpc) is 3.21. The lowest BCUT2D eigenvalue weighted by Gasteiger charge is -2.32. The van der Waals surface area contributed by atoms with Crippen molar-refractivity contribution in [2.24, 2.45) is 0 Å². The Kier molecular flexibility index (Phi) is 11.0. The molecular weight excluding hydrogens is 538 g/mol. The van der Waals surface area contributed by atoms with E-state index in [2.05, 4.69) is 20.3 Å². The summed E-state index contributed by atoms with van der Waals surface area (Å²) in [5, 5.41) is 28.1. The van der Waals surface area contributed by atoms with E-state index in [-0.39, 0.29) is 25.7 Å². The van der Waals surface area contributed by atoms with Crippen molar-refractivity contribution >= 4 is 50.1 Å². The summed E-state index contributed by atoms with van der Waals surface area (Å²) >= 11 is 2.31. The molecule has 0 bridgehead atoms. The number of aromatic nitrogens is 1. The third-order valence-electron chi connectivity index (χ3n) is 4.90. The Morgan fingerprint density at radius 3 is 2.31 bits per heavy atom. The first-order chi connectivity index (χ1) is 16.8. The molecule has 2 amide bonds. The molecule has 0 fully saturated rings. The third-order valence-corrected chi connectivity index (χ3v) is 7.00. The topological polar surface area (TPSA) is 158 Å². The van der Waals surface area contributed by atoms with Crippen LogP contribution < -0.4 is 15.4 Å². The van der Waals surface area contributed by atoms with Crippen LogP contribution in [0.2, 0.25) is 0 Å². The SMILES string of the molecule is CSCC[C@@H](NC(C)=O)[C@@H](O)[C@H](O)[C@H](Cc1cc(F)cc(F)c1)NC(=O)c1csc(NS(C)(=O)=O)n1.[HH].[HH]. The number of aliphatic hydroxyl groups excluding tert-OH is 2. The highest BCUT2D eigenvalue weighted by molar-refractivity contribution is 7.98. The number of carbonyl (C=O) groups is 2. The third kappa shape index (κ3) is 9.61. The fraction of sp³-hybridized carbons (Fsp3) is 0.476. The summed E-state index contributed by atoms with van der Waals surface area (Å²) in [6, 6.07) is 0.600. The normalized spacial score (nSPS) is 15.0. The van der Waals surface area contributed by atoms with E-state index in [4.69, 9.17) is 0 Å². The molecule has 5 N–H and O–H groups in total. The lowest BCUT2D eigenvalue weighted by atomic mass is 9.92. The predicted molar refractivity (Wildman–Crippen MR) is 139 cm³/mol. The molecule has 4 atom stereocenters. The molecule has 0 radical (unpaired) electrons. The van der Waals surface area contributed by atoms with E-state index >= 15 is 0 Å². The van der Waals surface area contributed by atoms with Crippen molar-refractivity contribution in [3.05, 3.63) is 46.5 Å². The Morgan fingerprint density at radius 1 is 1.14 bits per heavy atom. The summed E-state index contributed by atoms with van der Waals surface area (Å²) in [5.74, 6) is -2.43. The molecule has 204 valence electrons. The Balaban J connectivity index is 0.00000684. The quantitative estimate of drug-likeness (QED) is 0.243. The van der Waals surface area contributed by atoms with E-state index in [1.807, 2.05) is 6.26 Å². The van der Waals surface area contributed by atoms with Crippen LogP contribution in [-0.4, -0.2) is 78.0 Å². The number of aliphatic hydroxyl groups is 2. The van der Waals surface area contributed by atoms with Gasteiger partial charge in [-0.25, -0.2) is 22.2 Å². The largest absolute Gasteiger partial charge is 0.388 e. The molecule has 1 heterocycles. The first-order valence-corrected chi connectivity index (χ1v) is 14.8.